The molecule has 1 aliphatic heterocycles. The molecule has 4 atom stereocenters. The van der Waals surface area contributed by atoms with Crippen LogP contribution >= 0.6 is 0 Å². The monoisotopic (exact) mass is 236 g/mol. The molecule has 0 aromatic rings. The Morgan fingerprint density at radius 1 is 1.41 bits per heavy atom. The maximum atomic E-state index is 12.2. The molecule has 3 fully saturated rings. The quantitative estimate of drug-likeness (QED) is 0.780. The van der Waals surface area contributed by atoms with Crippen LogP contribution in [-0.2, 0) is 4.79 Å². The highest BCUT2D eigenvalue weighted by atomic mass is 16.2. The van der Waals surface area contributed by atoms with Crippen molar-refractivity contribution in [1.29, 1.82) is 0 Å². The maximum absolute atomic E-state index is 12.2. The highest BCUT2D eigenvalue weighted by Gasteiger charge is 2.41. The van der Waals surface area contributed by atoms with Gasteiger partial charge in [-0.2, -0.15) is 0 Å². The maximum Gasteiger partial charge on any atom is 0.227 e. The van der Waals surface area contributed by atoms with Gasteiger partial charge in [0.25, 0.3) is 0 Å². The second-order valence-corrected chi connectivity index (χ2v) is 6.63. The zero-order valence-corrected chi connectivity index (χ0v) is 10.8. The molecule has 3 rings (SSSR count). The lowest BCUT2D eigenvalue weighted by molar-refractivity contribution is -0.129. The summed E-state index contributed by atoms with van der Waals surface area (Å²) in [7, 11) is 0. The van der Waals surface area contributed by atoms with Crippen molar-refractivity contribution in [2.75, 3.05) is 19.6 Å². The van der Waals surface area contributed by atoms with Crippen molar-refractivity contribution in [3.8, 4) is 0 Å². The summed E-state index contributed by atoms with van der Waals surface area (Å²) in [6, 6.07) is 0. The third kappa shape index (κ3) is 2.10. The number of fused-ring (bicyclic) bond motifs is 2. The lowest BCUT2D eigenvalue weighted by Gasteiger charge is -2.26. The molecule has 17 heavy (non-hydrogen) atoms. The Morgan fingerprint density at radius 2 is 2.29 bits per heavy atom. The van der Waals surface area contributed by atoms with Gasteiger partial charge in [0.2, 0.25) is 5.91 Å². The Hall–Kier alpha value is -0.570. The number of nitrogens with one attached hydrogen (secondary N) is 2. The van der Waals surface area contributed by atoms with E-state index in [9.17, 15) is 4.79 Å². The first-order valence-corrected chi connectivity index (χ1v) is 7.16. The minimum atomic E-state index is -0.155. The van der Waals surface area contributed by atoms with E-state index in [0.29, 0.717) is 0 Å². The molecule has 2 bridgehead atoms. The normalized spacial score (nSPS) is 44.2. The number of hydrogen-bond donors (Lipinski definition) is 2. The largest absolute Gasteiger partial charge is 0.355 e. The van der Waals surface area contributed by atoms with E-state index in [1.807, 2.05) is 0 Å². The predicted octanol–water partition coefficient (Wildman–Crippen LogP) is 1.54. The highest BCUT2D eigenvalue weighted by molar-refractivity contribution is 5.82. The topological polar surface area (TPSA) is 41.1 Å². The lowest BCUT2D eigenvalue weighted by Crippen LogP contribution is -2.42. The average Bonchev–Trinajstić information content (AvgIpc) is 3.01. The highest BCUT2D eigenvalue weighted by Crippen LogP contribution is 2.48. The van der Waals surface area contributed by atoms with Crippen molar-refractivity contribution in [1.82, 2.24) is 10.6 Å². The molecular weight excluding hydrogens is 212 g/mol. The minimum Gasteiger partial charge on any atom is -0.355 e. The molecule has 96 valence electrons. The van der Waals surface area contributed by atoms with Gasteiger partial charge in [0.05, 0.1) is 5.41 Å². The first-order chi connectivity index (χ1) is 8.17. The van der Waals surface area contributed by atoms with Gasteiger partial charge >= 0.3 is 0 Å². The molecule has 3 aliphatic rings. The molecule has 3 heteroatoms. The van der Waals surface area contributed by atoms with Crippen LogP contribution in [0.1, 0.15) is 39.0 Å². The lowest BCUT2D eigenvalue weighted by atomic mass is 9.86. The van der Waals surface area contributed by atoms with E-state index >= 15 is 0 Å². The molecule has 0 aromatic carbocycles. The van der Waals surface area contributed by atoms with Crippen LogP contribution in [0.5, 0.6) is 0 Å². The third-order valence-corrected chi connectivity index (χ3v) is 5.33. The summed E-state index contributed by atoms with van der Waals surface area (Å²) in [6.07, 6.45) is 6.62. The van der Waals surface area contributed by atoms with E-state index in [-0.39, 0.29) is 11.3 Å². The Bertz CT molecular complexity index is 309. The van der Waals surface area contributed by atoms with Crippen molar-refractivity contribution < 1.29 is 4.79 Å². The summed E-state index contributed by atoms with van der Waals surface area (Å²) in [5.41, 5.74) is -0.155. The number of carbonyl (C=O) groups is 1. The molecule has 2 N–H and O–H groups in total. The van der Waals surface area contributed by atoms with Crippen LogP contribution in [0.2, 0.25) is 0 Å². The predicted molar refractivity (Wildman–Crippen MR) is 67.5 cm³/mol. The van der Waals surface area contributed by atoms with Gasteiger partial charge in [-0.1, -0.05) is 6.42 Å². The first kappa shape index (κ1) is 11.5. The standard InChI is InChI=1S/C14H24N2O/c1-14(4-5-15-9-14)13(17)16-8-12-7-10-2-3-11(12)6-10/h10-12,15H,2-9H2,1H3,(H,16,17). The number of rotatable bonds is 3. The van der Waals surface area contributed by atoms with E-state index in [4.69, 9.17) is 0 Å². The number of hydrogen-bond acceptors (Lipinski definition) is 2. The minimum absolute atomic E-state index is 0.155. The van der Waals surface area contributed by atoms with Crippen molar-refractivity contribution in [2.24, 2.45) is 23.2 Å². The average molecular weight is 236 g/mol. The Kier molecular flexibility index (Phi) is 2.89. The van der Waals surface area contributed by atoms with Gasteiger partial charge in [0.15, 0.2) is 0 Å². The Morgan fingerprint density at radius 3 is 2.88 bits per heavy atom. The summed E-state index contributed by atoms with van der Waals surface area (Å²) >= 11 is 0. The van der Waals surface area contributed by atoms with Crippen LogP contribution in [-0.4, -0.2) is 25.5 Å². The second kappa shape index (κ2) is 4.27. The van der Waals surface area contributed by atoms with Crippen LogP contribution in [0.3, 0.4) is 0 Å². The summed E-state index contributed by atoms with van der Waals surface area (Å²) < 4.78 is 0. The molecule has 1 saturated heterocycles. The molecule has 2 saturated carbocycles. The molecule has 2 aliphatic carbocycles. The number of amides is 1. The SMILES string of the molecule is CC1(C(=O)NCC2CC3CCC2C3)CCNC1. The molecule has 4 unspecified atom stereocenters. The Balaban J connectivity index is 1.49. The zero-order chi connectivity index (χ0) is 11.9. The van der Waals surface area contributed by atoms with Crippen molar-refractivity contribution >= 4 is 5.91 Å². The van der Waals surface area contributed by atoms with Gasteiger partial charge < -0.3 is 10.6 Å². The molecule has 1 amide bonds. The van der Waals surface area contributed by atoms with Gasteiger partial charge in [0.1, 0.15) is 0 Å². The van der Waals surface area contributed by atoms with E-state index in [0.717, 1.165) is 43.8 Å². The fourth-order valence-corrected chi connectivity index (χ4v) is 4.07. The zero-order valence-electron chi connectivity index (χ0n) is 10.8. The molecule has 3 nitrogen and oxygen atoms in total. The second-order valence-electron chi connectivity index (χ2n) is 6.63. The van der Waals surface area contributed by atoms with Gasteiger partial charge in [0, 0.05) is 13.1 Å². The summed E-state index contributed by atoms with van der Waals surface area (Å²) in [4.78, 5) is 12.2. The summed E-state index contributed by atoms with van der Waals surface area (Å²) in [5.74, 6) is 2.93. The first-order valence-electron chi connectivity index (χ1n) is 7.16. The fraction of sp³-hybridized carbons (Fsp3) is 0.929. The van der Waals surface area contributed by atoms with Gasteiger partial charge in [-0.3, -0.25) is 4.79 Å². The smallest absolute Gasteiger partial charge is 0.227 e. The summed E-state index contributed by atoms with van der Waals surface area (Å²) in [6.45, 7) is 4.84. The van der Waals surface area contributed by atoms with Crippen LogP contribution in [0.4, 0.5) is 0 Å². The number of carbonyl (C=O) groups excluding carboxylic acids is 1. The van der Waals surface area contributed by atoms with E-state index in [2.05, 4.69) is 17.6 Å². The third-order valence-electron chi connectivity index (χ3n) is 5.33. The van der Waals surface area contributed by atoms with Crippen LogP contribution in [0.25, 0.3) is 0 Å². The van der Waals surface area contributed by atoms with Crippen LogP contribution in [0.15, 0.2) is 0 Å². The van der Waals surface area contributed by atoms with Crippen LogP contribution in [0, 0.1) is 23.2 Å². The van der Waals surface area contributed by atoms with Gasteiger partial charge in [-0.05, 0) is 56.9 Å². The Labute approximate surface area is 104 Å². The van der Waals surface area contributed by atoms with E-state index in [1.54, 1.807) is 0 Å². The molecule has 1 heterocycles. The van der Waals surface area contributed by atoms with E-state index in [1.165, 1.54) is 25.7 Å². The van der Waals surface area contributed by atoms with Crippen molar-refractivity contribution in [2.45, 2.75) is 39.0 Å². The molecule has 0 radical (unpaired) electrons. The van der Waals surface area contributed by atoms with Crippen molar-refractivity contribution in [3.63, 3.8) is 0 Å². The molecule has 0 aromatic heterocycles. The van der Waals surface area contributed by atoms with E-state index < -0.39 is 0 Å². The van der Waals surface area contributed by atoms with Gasteiger partial charge in [-0.25, -0.2) is 0 Å². The molecular formula is C14H24N2O. The molecule has 0 spiro atoms. The van der Waals surface area contributed by atoms with Gasteiger partial charge in [-0.15, -0.1) is 0 Å². The van der Waals surface area contributed by atoms with Crippen molar-refractivity contribution in [3.05, 3.63) is 0 Å². The van der Waals surface area contributed by atoms with Crippen LogP contribution < -0.4 is 10.6 Å². The fourth-order valence-electron chi connectivity index (χ4n) is 4.07. The summed E-state index contributed by atoms with van der Waals surface area (Å²) in [5, 5.41) is 6.50.